The van der Waals surface area contributed by atoms with E-state index in [0.29, 0.717) is 29.9 Å². The molecular weight excluding hydrogens is 358 g/mol. The highest BCUT2D eigenvalue weighted by Crippen LogP contribution is 2.32. The van der Waals surface area contributed by atoms with Crippen LogP contribution in [0.3, 0.4) is 0 Å². The maximum Gasteiger partial charge on any atom is 0.155 e. The van der Waals surface area contributed by atoms with E-state index in [0.717, 1.165) is 23.1 Å². The van der Waals surface area contributed by atoms with Crippen LogP contribution in [-0.4, -0.2) is 18.1 Å². The average Bonchev–Trinajstić information content (AvgIpc) is 2.70. The quantitative estimate of drug-likeness (QED) is 0.233. The van der Waals surface area contributed by atoms with Gasteiger partial charge >= 0.3 is 0 Å². The molecule has 3 heteroatoms. The molecule has 0 saturated heterocycles. The van der Waals surface area contributed by atoms with Gasteiger partial charge in [-0.15, -0.1) is 0 Å². The van der Waals surface area contributed by atoms with E-state index in [1.165, 1.54) is 13.0 Å². The highest BCUT2D eigenvalue weighted by molar-refractivity contribution is 6.13. The molecule has 0 spiro atoms. The number of carbonyl (C=O) groups is 1. The number of nitrogens with one attached hydrogen (secondary N) is 1. The Morgan fingerprint density at radius 3 is 2.79 bits per heavy atom. The van der Waals surface area contributed by atoms with Crippen LogP contribution >= 0.6 is 0 Å². The zero-order valence-corrected chi connectivity index (χ0v) is 17.8. The van der Waals surface area contributed by atoms with Crippen LogP contribution in [-0.2, 0) is 9.53 Å². The molecule has 152 valence electrons. The third kappa shape index (κ3) is 6.56. The van der Waals surface area contributed by atoms with Crippen LogP contribution in [0, 0.1) is 17.2 Å². The van der Waals surface area contributed by atoms with Crippen molar-refractivity contribution in [2.75, 3.05) is 6.61 Å². The normalized spacial score (nSPS) is 18.1. The van der Waals surface area contributed by atoms with Crippen molar-refractivity contribution in [1.82, 2.24) is 0 Å². The van der Waals surface area contributed by atoms with Crippen molar-refractivity contribution in [2.24, 2.45) is 11.8 Å². The van der Waals surface area contributed by atoms with Crippen LogP contribution in [0.2, 0.25) is 0 Å². The number of allylic oxidation sites excluding steroid dienone is 8. The lowest BCUT2D eigenvalue weighted by atomic mass is 9.78. The molecule has 1 aliphatic carbocycles. The minimum atomic E-state index is -0.0261. The fourth-order valence-electron chi connectivity index (χ4n) is 3.56. The number of benzene rings is 1. The molecule has 2 rings (SSSR count). The number of hydrogen-bond acceptors (Lipinski definition) is 3. The molecule has 0 bridgehead atoms. The van der Waals surface area contributed by atoms with E-state index >= 15 is 0 Å². The first kappa shape index (κ1) is 22.4. The van der Waals surface area contributed by atoms with E-state index in [9.17, 15) is 4.79 Å². The molecule has 0 aromatic heterocycles. The molecule has 0 fully saturated rings. The second-order valence-corrected chi connectivity index (χ2v) is 7.32. The third-order valence-electron chi connectivity index (χ3n) is 4.96. The lowest BCUT2D eigenvalue weighted by Crippen LogP contribution is -2.21. The van der Waals surface area contributed by atoms with Gasteiger partial charge in [0.1, 0.15) is 6.61 Å². The van der Waals surface area contributed by atoms with Crippen molar-refractivity contribution in [3.05, 3.63) is 89.3 Å². The first-order chi connectivity index (χ1) is 13.9. The van der Waals surface area contributed by atoms with Gasteiger partial charge in [-0.05, 0) is 56.2 Å². The molecule has 0 saturated carbocycles. The monoisotopic (exact) mass is 389 g/mol. The summed E-state index contributed by atoms with van der Waals surface area (Å²) in [5, 5.41) is 8.91. The molecule has 29 heavy (non-hydrogen) atoms. The molecule has 1 N–H and O–H groups in total. The third-order valence-corrected chi connectivity index (χ3v) is 4.96. The van der Waals surface area contributed by atoms with E-state index in [1.807, 2.05) is 43.3 Å². The second-order valence-electron chi connectivity index (χ2n) is 7.32. The van der Waals surface area contributed by atoms with Crippen molar-refractivity contribution in [3.8, 4) is 0 Å². The Kier molecular flexibility index (Phi) is 8.60. The largest absolute Gasteiger partial charge is 0.494 e. The smallest absolute Gasteiger partial charge is 0.155 e. The van der Waals surface area contributed by atoms with Gasteiger partial charge in [0.05, 0.1) is 11.5 Å². The molecule has 0 heterocycles. The summed E-state index contributed by atoms with van der Waals surface area (Å²) in [6, 6.07) is 7.97. The second kappa shape index (κ2) is 11.2. The summed E-state index contributed by atoms with van der Waals surface area (Å²) in [5.74, 6) is 1.26. The molecule has 1 aromatic carbocycles. The summed E-state index contributed by atoms with van der Waals surface area (Å²) < 4.78 is 5.54. The van der Waals surface area contributed by atoms with E-state index in [1.54, 1.807) is 6.92 Å². The molecular formula is C26H31NO2. The van der Waals surface area contributed by atoms with Crippen LogP contribution in [0.4, 0.5) is 0 Å². The summed E-state index contributed by atoms with van der Waals surface area (Å²) in [5.41, 5.74) is 3.56. The number of carbonyl (C=O) groups excluding carboxylic acids is 1. The molecule has 0 aliphatic heterocycles. The SMILES string of the molecule is CC=CC(C)C1CC=CC=C1C(=N)c1ccccc1/C=C\CO/C(C)=C\C(C)=O. The summed E-state index contributed by atoms with van der Waals surface area (Å²) >= 11 is 0. The lowest BCUT2D eigenvalue weighted by Gasteiger charge is -2.27. The Morgan fingerprint density at radius 2 is 2.07 bits per heavy atom. The topological polar surface area (TPSA) is 50.1 Å². The van der Waals surface area contributed by atoms with Gasteiger partial charge in [0.15, 0.2) is 5.78 Å². The number of rotatable bonds is 9. The zero-order valence-electron chi connectivity index (χ0n) is 17.8. The van der Waals surface area contributed by atoms with Crippen molar-refractivity contribution < 1.29 is 9.53 Å². The molecule has 3 nitrogen and oxygen atoms in total. The van der Waals surface area contributed by atoms with E-state index < -0.39 is 0 Å². The Labute approximate surface area is 174 Å². The van der Waals surface area contributed by atoms with Gasteiger partial charge in [-0.2, -0.15) is 0 Å². The Hall–Kier alpha value is -2.94. The van der Waals surface area contributed by atoms with Crippen molar-refractivity contribution in [3.63, 3.8) is 0 Å². The van der Waals surface area contributed by atoms with Gasteiger partial charge in [-0.25, -0.2) is 0 Å². The van der Waals surface area contributed by atoms with Gasteiger partial charge in [0.2, 0.25) is 0 Å². The van der Waals surface area contributed by atoms with Crippen LogP contribution < -0.4 is 0 Å². The summed E-state index contributed by atoms with van der Waals surface area (Å²) in [6.07, 6.45) is 16.9. The van der Waals surface area contributed by atoms with E-state index in [4.69, 9.17) is 10.1 Å². The van der Waals surface area contributed by atoms with Gasteiger partial charge in [0.25, 0.3) is 0 Å². The molecule has 0 radical (unpaired) electrons. The van der Waals surface area contributed by atoms with Crippen molar-refractivity contribution in [1.29, 1.82) is 5.41 Å². The maximum atomic E-state index is 11.1. The molecule has 1 aromatic rings. The molecule has 2 atom stereocenters. The first-order valence-electron chi connectivity index (χ1n) is 10.1. The van der Waals surface area contributed by atoms with Crippen LogP contribution in [0.25, 0.3) is 6.08 Å². The zero-order chi connectivity index (χ0) is 21.2. The minimum Gasteiger partial charge on any atom is -0.494 e. The minimum absolute atomic E-state index is 0.0261. The number of ether oxygens (including phenoxy) is 1. The number of hydrogen-bond donors (Lipinski definition) is 1. The Bertz CT molecular complexity index is 884. The van der Waals surface area contributed by atoms with Crippen LogP contribution in [0.5, 0.6) is 0 Å². The standard InChI is InChI=1S/C26H31NO2/c1-5-11-19(2)23-14-8-9-16-25(23)26(27)24-15-7-6-12-22(24)13-10-17-29-21(4)18-20(3)28/h5-13,15-16,18-19,23,27H,14,17H2,1-4H3/b11-5?,13-10-,21-18-,27-26?. The average molecular weight is 390 g/mol. The van der Waals surface area contributed by atoms with E-state index in [-0.39, 0.29) is 5.78 Å². The summed E-state index contributed by atoms with van der Waals surface area (Å²) in [7, 11) is 0. The van der Waals surface area contributed by atoms with Gasteiger partial charge in [-0.1, -0.05) is 67.6 Å². The highest BCUT2D eigenvalue weighted by Gasteiger charge is 2.24. The molecule has 0 amide bonds. The van der Waals surface area contributed by atoms with Crippen LogP contribution in [0.15, 0.2) is 78.1 Å². The summed E-state index contributed by atoms with van der Waals surface area (Å²) in [6.45, 7) is 7.91. The maximum absolute atomic E-state index is 11.1. The van der Waals surface area contributed by atoms with Gasteiger partial charge in [-0.3, -0.25) is 10.2 Å². The first-order valence-corrected chi connectivity index (χ1v) is 10.1. The predicted molar refractivity (Wildman–Crippen MR) is 122 cm³/mol. The fourth-order valence-corrected chi connectivity index (χ4v) is 3.56. The molecule has 2 unspecified atom stereocenters. The van der Waals surface area contributed by atoms with Crippen molar-refractivity contribution in [2.45, 2.75) is 34.1 Å². The van der Waals surface area contributed by atoms with Gasteiger partial charge < -0.3 is 4.74 Å². The van der Waals surface area contributed by atoms with Crippen LogP contribution in [0.1, 0.15) is 45.2 Å². The predicted octanol–water partition coefficient (Wildman–Crippen LogP) is 6.29. The van der Waals surface area contributed by atoms with Crippen molar-refractivity contribution >= 4 is 17.6 Å². The lowest BCUT2D eigenvalue weighted by molar-refractivity contribution is -0.112. The Balaban J connectivity index is 2.19. The fraction of sp³-hybridized carbons (Fsp3) is 0.308. The summed E-state index contributed by atoms with van der Waals surface area (Å²) in [4.78, 5) is 11.1. The Morgan fingerprint density at radius 1 is 1.31 bits per heavy atom. The van der Waals surface area contributed by atoms with E-state index in [2.05, 4.69) is 37.3 Å². The van der Waals surface area contributed by atoms with Gasteiger partial charge in [0, 0.05) is 11.6 Å². The number of ketones is 1. The highest BCUT2D eigenvalue weighted by atomic mass is 16.5. The molecule has 1 aliphatic rings.